The molecule has 1 saturated carbocycles. The zero-order valence-corrected chi connectivity index (χ0v) is 13.0. The highest BCUT2D eigenvalue weighted by Crippen LogP contribution is 2.38. The van der Waals surface area contributed by atoms with Crippen LogP contribution in [0.15, 0.2) is 24.3 Å². The number of nitrogens with one attached hydrogen (secondary N) is 1. The molecule has 1 amide bonds. The van der Waals surface area contributed by atoms with Crippen LogP contribution in [0.1, 0.15) is 45.3 Å². The van der Waals surface area contributed by atoms with E-state index in [2.05, 4.69) is 29.3 Å². The molecule has 2 fully saturated rings. The molecule has 2 atom stereocenters. The first-order valence-corrected chi connectivity index (χ1v) is 7.91. The Balaban J connectivity index is 1.80. The van der Waals surface area contributed by atoms with Gasteiger partial charge in [-0.25, -0.2) is 0 Å². The Hall–Kier alpha value is -1.55. The van der Waals surface area contributed by atoms with Crippen LogP contribution in [0.5, 0.6) is 5.75 Å². The van der Waals surface area contributed by atoms with Gasteiger partial charge in [0, 0.05) is 6.04 Å². The number of hydrogen-bond acceptors (Lipinski definition) is 3. The van der Waals surface area contributed by atoms with E-state index in [1.54, 1.807) is 0 Å². The van der Waals surface area contributed by atoms with E-state index in [1.807, 2.05) is 26.0 Å². The SMILES string of the molecule is CCOc1ccc(C2NC(C)C(=O)N2C2CC(C)C2)cc1. The Morgan fingerprint density at radius 2 is 1.90 bits per heavy atom. The highest BCUT2D eigenvalue weighted by atomic mass is 16.5. The Labute approximate surface area is 126 Å². The lowest BCUT2D eigenvalue weighted by Gasteiger charge is -2.42. The summed E-state index contributed by atoms with van der Waals surface area (Å²) in [6, 6.07) is 8.37. The van der Waals surface area contributed by atoms with Gasteiger partial charge in [0.05, 0.1) is 12.6 Å². The summed E-state index contributed by atoms with van der Waals surface area (Å²) in [6.07, 6.45) is 2.24. The summed E-state index contributed by atoms with van der Waals surface area (Å²) >= 11 is 0. The summed E-state index contributed by atoms with van der Waals surface area (Å²) in [5, 5.41) is 3.42. The molecule has 1 N–H and O–H groups in total. The van der Waals surface area contributed by atoms with E-state index < -0.39 is 0 Å². The standard InChI is InChI=1S/C17H24N2O2/c1-4-21-15-7-5-13(6-8-15)16-18-12(3)17(20)19(16)14-9-11(2)10-14/h5-8,11-12,14,16,18H,4,9-10H2,1-3H3. The van der Waals surface area contributed by atoms with Gasteiger partial charge in [0.2, 0.25) is 5.91 Å². The molecule has 1 aromatic carbocycles. The van der Waals surface area contributed by atoms with Gasteiger partial charge < -0.3 is 9.64 Å². The molecule has 114 valence electrons. The summed E-state index contributed by atoms with van der Waals surface area (Å²) in [5.74, 6) is 1.84. The summed E-state index contributed by atoms with van der Waals surface area (Å²) in [4.78, 5) is 14.5. The van der Waals surface area contributed by atoms with Crippen LogP contribution in [0.4, 0.5) is 0 Å². The first-order chi connectivity index (χ1) is 10.1. The first kappa shape index (κ1) is 14.4. The molecule has 3 rings (SSSR count). The van der Waals surface area contributed by atoms with Gasteiger partial charge in [-0.3, -0.25) is 10.1 Å². The highest BCUT2D eigenvalue weighted by Gasteiger charge is 2.44. The molecule has 1 aliphatic carbocycles. The molecule has 2 aliphatic rings. The van der Waals surface area contributed by atoms with E-state index in [4.69, 9.17) is 4.74 Å². The minimum atomic E-state index is -0.0996. The largest absolute Gasteiger partial charge is 0.494 e. The van der Waals surface area contributed by atoms with Gasteiger partial charge in [-0.15, -0.1) is 0 Å². The molecule has 0 radical (unpaired) electrons. The van der Waals surface area contributed by atoms with Crippen LogP contribution >= 0.6 is 0 Å². The van der Waals surface area contributed by atoms with E-state index in [0.29, 0.717) is 12.6 Å². The molecule has 1 heterocycles. The number of nitrogens with zero attached hydrogens (tertiary/aromatic N) is 1. The van der Waals surface area contributed by atoms with Gasteiger partial charge in [-0.05, 0) is 50.3 Å². The molecule has 1 saturated heterocycles. The van der Waals surface area contributed by atoms with Crippen molar-refractivity contribution in [2.24, 2.45) is 5.92 Å². The van der Waals surface area contributed by atoms with Gasteiger partial charge in [0.15, 0.2) is 0 Å². The predicted octanol–water partition coefficient (Wildman–Crippen LogP) is 2.70. The van der Waals surface area contributed by atoms with Gasteiger partial charge in [0.1, 0.15) is 11.9 Å². The number of carbonyl (C=O) groups excluding carboxylic acids is 1. The maximum absolute atomic E-state index is 12.4. The van der Waals surface area contributed by atoms with E-state index in [9.17, 15) is 4.79 Å². The average molecular weight is 288 g/mol. The molecule has 4 heteroatoms. The molecule has 0 aromatic heterocycles. The van der Waals surface area contributed by atoms with Crippen molar-refractivity contribution < 1.29 is 9.53 Å². The number of ether oxygens (including phenoxy) is 1. The predicted molar refractivity (Wildman–Crippen MR) is 82.0 cm³/mol. The smallest absolute Gasteiger partial charge is 0.241 e. The van der Waals surface area contributed by atoms with Crippen LogP contribution in [0, 0.1) is 5.92 Å². The van der Waals surface area contributed by atoms with Crippen LogP contribution in [0.2, 0.25) is 0 Å². The lowest BCUT2D eigenvalue weighted by molar-refractivity contribution is -0.134. The number of benzene rings is 1. The fourth-order valence-electron chi connectivity index (χ4n) is 3.39. The van der Waals surface area contributed by atoms with Crippen molar-refractivity contribution in [1.29, 1.82) is 0 Å². The zero-order valence-electron chi connectivity index (χ0n) is 13.0. The van der Waals surface area contributed by atoms with Crippen LogP contribution in [-0.4, -0.2) is 29.5 Å². The monoisotopic (exact) mass is 288 g/mol. The third-order valence-electron chi connectivity index (χ3n) is 4.56. The summed E-state index contributed by atoms with van der Waals surface area (Å²) in [5.41, 5.74) is 1.13. The van der Waals surface area contributed by atoms with Gasteiger partial charge in [0.25, 0.3) is 0 Å². The molecular formula is C17H24N2O2. The van der Waals surface area contributed by atoms with Crippen LogP contribution in [0.3, 0.4) is 0 Å². The Bertz CT molecular complexity index is 508. The zero-order chi connectivity index (χ0) is 15.0. The topological polar surface area (TPSA) is 41.6 Å². The molecule has 2 unspecified atom stereocenters. The second-order valence-corrected chi connectivity index (χ2v) is 6.27. The van der Waals surface area contributed by atoms with E-state index in [-0.39, 0.29) is 18.1 Å². The van der Waals surface area contributed by atoms with Crippen molar-refractivity contribution in [3.63, 3.8) is 0 Å². The van der Waals surface area contributed by atoms with Crippen molar-refractivity contribution in [2.75, 3.05) is 6.61 Å². The second-order valence-electron chi connectivity index (χ2n) is 6.27. The highest BCUT2D eigenvalue weighted by molar-refractivity contribution is 5.84. The van der Waals surface area contributed by atoms with Crippen LogP contribution in [-0.2, 0) is 4.79 Å². The molecule has 21 heavy (non-hydrogen) atoms. The van der Waals surface area contributed by atoms with Crippen molar-refractivity contribution in [2.45, 2.75) is 51.9 Å². The fraction of sp³-hybridized carbons (Fsp3) is 0.588. The maximum atomic E-state index is 12.4. The van der Waals surface area contributed by atoms with Crippen molar-refractivity contribution in [3.05, 3.63) is 29.8 Å². The van der Waals surface area contributed by atoms with Crippen LogP contribution < -0.4 is 10.1 Å². The molecule has 4 nitrogen and oxygen atoms in total. The van der Waals surface area contributed by atoms with Gasteiger partial charge in [-0.1, -0.05) is 19.1 Å². The lowest BCUT2D eigenvalue weighted by Crippen LogP contribution is -2.46. The first-order valence-electron chi connectivity index (χ1n) is 7.91. The quantitative estimate of drug-likeness (QED) is 0.926. The minimum Gasteiger partial charge on any atom is -0.494 e. The Kier molecular flexibility index (Phi) is 3.89. The number of rotatable bonds is 4. The molecule has 1 aromatic rings. The molecule has 0 spiro atoms. The summed E-state index contributed by atoms with van der Waals surface area (Å²) < 4.78 is 5.49. The van der Waals surface area contributed by atoms with Crippen molar-refractivity contribution in [1.82, 2.24) is 10.2 Å². The number of amides is 1. The molecule has 1 aliphatic heterocycles. The minimum absolute atomic E-state index is 0.000626. The van der Waals surface area contributed by atoms with E-state index in [1.165, 1.54) is 0 Å². The Morgan fingerprint density at radius 1 is 1.24 bits per heavy atom. The van der Waals surface area contributed by atoms with Crippen molar-refractivity contribution in [3.8, 4) is 5.75 Å². The lowest BCUT2D eigenvalue weighted by atomic mass is 9.80. The van der Waals surface area contributed by atoms with Crippen molar-refractivity contribution >= 4 is 5.91 Å². The summed E-state index contributed by atoms with van der Waals surface area (Å²) in [6.45, 7) is 6.85. The van der Waals surface area contributed by atoms with Gasteiger partial charge in [-0.2, -0.15) is 0 Å². The molecular weight excluding hydrogens is 264 g/mol. The maximum Gasteiger partial charge on any atom is 0.241 e. The third kappa shape index (κ3) is 2.64. The van der Waals surface area contributed by atoms with Gasteiger partial charge >= 0.3 is 0 Å². The van der Waals surface area contributed by atoms with E-state index in [0.717, 1.165) is 30.1 Å². The number of hydrogen-bond donors (Lipinski definition) is 1. The fourth-order valence-corrected chi connectivity index (χ4v) is 3.39. The van der Waals surface area contributed by atoms with E-state index >= 15 is 0 Å². The average Bonchev–Trinajstić information content (AvgIpc) is 2.73. The molecule has 0 bridgehead atoms. The van der Waals surface area contributed by atoms with Crippen LogP contribution in [0.25, 0.3) is 0 Å². The Morgan fingerprint density at radius 3 is 2.48 bits per heavy atom. The normalized spacial score (nSPS) is 32.1. The summed E-state index contributed by atoms with van der Waals surface area (Å²) in [7, 11) is 0. The third-order valence-corrected chi connectivity index (χ3v) is 4.56. The number of carbonyl (C=O) groups is 1. The second kappa shape index (κ2) is 5.68.